The van der Waals surface area contributed by atoms with Gasteiger partial charge in [0.1, 0.15) is 10.8 Å². The van der Waals surface area contributed by atoms with E-state index in [0.717, 1.165) is 33.3 Å². The standard InChI is InChI=1S/C23H22N4O3S2/c1-15-5-3-4-6-19(15)25-20(28)12-22-24-17(13-31-22)14-32-23-27-26-21(30-23)11-16-7-9-18(29-2)10-8-16/h3-10,13H,11-12,14H2,1-2H3,(H,25,28). The van der Waals surface area contributed by atoms with Gasteiger partial charge in [0.15, 0.2) is 0 Å². The Morgan fingerprint density at radius 2 is 1.97 bits per heavy atom. The number of hydrogen-bond acceptors (Lipinski definition) is 8. The van der Waals surface area contributed by atoms with Gasteiger partial charge in [-0.25, -0.2) is 4.98 Å². The quantitative estimate of drug-likeness (QED) is 0.351. The maximum atomic E-state index is 12.3. The van der Waals surface area contributed by atoms with Gasteiger partial charge in [-0.2, -0.15) is 0 Å². The second kappa shape index (κ2) is 10.4. The molecule has 2 aromatic heterocycles. The van der Waals surface area contributed by atoms with Gasteiger partial charge in [-0.15, -0.1) is 21.5 Å². The van der Waals surface area contributed by atoms with E-state index < -0.39 is 0 Å². The minimum atomic E-state index is -0.0760. The number of aryl methyl sites for hydroxylation is 1. The van der Waals surface area contributed by atoms with Gasteiger partial charge in [0.2, 0.25) is 11.8 Å². The highest BCUT2D eigenvalue weighted by Gasteiger charge is 2.12. The van der Waals surface area contributed by atoms with E-state index in [1.165, 1.54) is 23.1 Å². The molecule has 0 aliphatic heterocycles. The minimum absolute atomic E-state index is 0.0760. The van der Waals surface area contributed by atoms with Crippen LogP contribution in [0.4, 0.5) is 5.69 Å². The van der Waals surface area contributed by atoms with Crippen LogP contribution in [-0.4, -0.2) is 28.2 Å². The maximum Gasteiger partial charge on any atom is 0.276 e. The molecule has 0 fully saturated rings. The van der Waals surface area contributed by atoms with Crippen molar-refractivity contribution in [1.82, 2.24) is 15.2 Å². The third-order valence-corrected chi connectivity index (χ3v) is 6.39. The van der Waals surface area contributed by atoms with Crippen LogP contribution in [-0.2, 0) is 23.4 Å². The van der Waals surface area contributed by atoms with Crippen LogP contribution in [0.25, 0.3) is 0 Å². The smallest absolute Gasteiger partial charge is 0.276 e. The first-order valence-corrected chi connectivity index (χ1v) is 11.8. The predicted octanol–water partition coefficient (Wildman–Crippen LogP) is 4.91. The fourth-order valence-electron chi connectivity index (χ4n) is 2.96. The number of carbonyl (C=O) groups excluding carboxylic acids is 1. The Labute approximate surface area is 194 Å². The first kappa shape index (κ1) is 22.0. The molecule has 4 rings (SSSR count). The van der Waals surface area contributed by atoms with Crippen molar-refractivity contribution in [3.05, 3.63) is 81.6 Å². The number of benzene rings is 2. The maximum absolute atomic E-state index is 12.3. The summed E-state index contributed by atoms with van der Waals surface area (Å²) in [5.74, 6) is 1.89. The Morgan fingerprint density at radius 1 is 1.16 bits per heavy atom. The molecule has 164 valence electrons. The van der Waals surface area contributed by atoms with Crippen molar-refractivity contribution in [2.45, 2.75) is 30.7 Å². The van der Waals surface area contributed by atoms with E-state index in [2.05, 4.69) is 20.5 Å². The molecule has 9 heteroatoms. The molecule has 0 aliphatic carbocycles. The van der Waals surface area contributed by atoms with Gasteiger partial charge in [-0.3, -0.25) is 4.79 Å². The highest BCUT2D eigenvalue weighted by Crippen LogP contribution is 2.24. The number of ether oxygens (including phenoxy) is 1. The van der Waals surface area contributed by atoms with Crippen molar-refractivity contribution >= 4 is 34.7 Å². The number of para-hydroxylation sites is 1. The Hall–Kier alpha value is -3.17. The molecule has 4 aromatic rings. The zero-order valence-electron chi connectivity index (χ0n) is 17.7. The van der Waals surface area contributed by atoms with E-state index in [9.17, 15) is 4.79 Å². The Balaban J connectivity index is 1.27. The Morgan fingerprint density at radius 3 is 2.75 bits per heavy atom. The third kappa shape index (κ3) is 5.95. The van der Waals surface area contributed by atoms with Crippen molar-refractivity contribution in [1.29, 1.82) is 0 Å². The van der Waals surface area contributed by atoms with Gasteiger partial charge >= 0.3 is 0 Å². The number of methoxy groups -OCH3 is 1. The van der Waals surface area contributed by atoms with Crippen LogP contribution in [0.3, 0.4) is 0 Å². The zero-order valence-corrected chi connectivity index (χ0v) is 19.3. The van der Waals surface area contributed by atoms with Crippen molar-refractivity contribution in [3.63, 3.8) is 0 Å². The van der Waals surface area contributed by atoms with E-state index in [0.29, 0.717) is 23.3 Å². The van der Waals surface area contributed by atoms with Gasteiger partial charge in [0.25, 0.3) is 5.22 Å². The monoisotopic (exact) mass is 466 g/mol. The van der Waals surface area contributed by atoms with Gasteiger partial charge in [0, 0.05) is 16.8 Å². The molecule has 0 saturated heterocycles. The number of carbonyl (C=O) groups is 1. The molecule has 0 spiro atoms. The van der Waals surface area contributed by atoms with E-state index in [-0.39, 0.29) is 12.3 Å². The van der Waals surface area contributed by atoms with E-state index in [1.807, 2.05) is 60.8 Å². The summed E-state index contributed by atoms with van der Waals surface area (Å²) in [6, 6.07) is 15.5. The van der Waals surface area contributed by atoms with Crippen LogP contribution in [0, 0.1) is 6.92 Å². The van der Waals surface area contributed by atoms with E-state index in [1.54, 1.807) is 7.11 Å². The lowest BCUT2D eigenvalue weighted by Crippen LogP contribution is -2.15. The summed E-state index contributed by atoms with van der Waals surface area (Å²) >= 11 is 2.91. The molecule has 1 N–H and O–H groups in total. The molecule has 0 saturated carbocycles. The first-order chi connectivity index (χ1) is 15.6. The van der Waals surface area contributed by atoms with Crippen LogP contribution in [0.2, 0.25) is 0 Å². The summed E-state index contributed by atoms with van der Waals surface area (Å²) in [5.41, 5.74) is 3.81. The largest absolute Gasteiger partial charge is 0.497 e. The highest BCUT2D eigenvalue weighted by molar-refractivity contribution is 7.98. The Bertz CT molecular complexity index is 1190. The lowest BCUT2D eigenvalue weighted by atomic mass is 10.1. The molecular weight excluding hydrogens is 444 g/mol. The minimum Gasteiger partial charge on any atom is -0.497 e. The summed E-state index contributed by atoms with van der Waals surface area (Å²) in [7, 11) is 1.64. The van der Waals surface area contributed by atoms with Gasteiger partial charge < -0.3 is 14.5 Å². The van der Waals surface area contributed by atoms with Gasteiger partial charge in [0.05, 0.1) is 25.6 Å². The highest BCUT2D eigenvalue weighted by atomic mass is 32.2. The van der Waals surface area contributed by atoms with E-state index in [4.69, 9.17) is 9.15 Å². The lowest BCUT2D eigenvalue weighted by Gasteiger charge is -2.06. The molecule has 32 heavy (non-hydrogen) atoms. The lowest BCUT2D eigenvalue weighted by molar-refractivity contribution is -0.115. The van der Waals surface area contributed by atoms with Crippen LogP contribution in [0.1, 0.15) is 27.7 Å². The SMILES string of the molecule is COc1ccc(Cc2nnc(SCc3csc(CC(=O)Nc4ccccc4C)n3)o2)cc1. The van der Waals surface area contributed by atoms with Crippen LogP contribution in [0.5, 0.6) is 5.75 Å². The second-order valence-corrected chi connectivity index (χ2v) is 8.92. The number of thiazole rings is 1. The summed E-state index contributed by atoms with van der Waals surface area (Å²) < 4.78 is 10.9. The number of hydrogen-bond donors (Lipinski definition) is 1. The van der Waals surface area contributed by atoms with Gasteiger partial charge in [-0.1, -0.05) is 42.1 Å². The summed E-state index contributed by atoms with van der Waals surface area (Å²) in [6.45, 7) is 1.97. The fourth-order valence-corrected chi connectivity index (χ4v) is 4.53. The molecule has 0 bridgehead atoms. The average Bonchev–Trinajstić information content (AvgIpc) is 3.43. The Kier molecular flexibility index (Phi) is 7.18. The van der Waals surface area contributed by atoms with Crippen molar-refractivity contribution < 1.29 is 13.9 Å². The van der Waals surface area contributed by atoms with Crippen molar-refractivity contribution in [2.24, 2.45) is 0 Å². The summed E-state index contributed by atoms with van der Waals surface area (Å²) in [6.07, 6.45) is 0.810. The topological polar surface area (TPSA) is 90.1 Å². The number of thioether (sulfide) groups is 1. The summed E-state index contributed by atoms with van der Waals surface area (Å²) in [5, 5.41) is 14.4. The molecule has 0 atom stereocenters. The van der Waals surface area contributed by atoms with Crippen molar-refractivity contribution in [2.75, 3.05) is 12.4 Å². The zero-order chi connectivity index (χ0) is 22.3. The normalized spacial score (nSPS) is 10.8. The number of rotatable bonds is 9. The third-order valence-electron chi connectivity index (χ3n) is 4.64. The molecule has 7 nitrogen and oxygen atoms in total. The number of amides is 1. The van der Waals surface area contributed by atoms with Crippen LogP contribution >= 0.6 is 23.1 Å². The molecule has 0 radical (unpaired) electrons. The molecule has 1 amide bonds. The first-order valence-electron chi connectivity index (χ1n) is 9.96. The molecule has 2 heterocycles. The van der Waals surface area contributed by atoms with Gasteiger partial charge in [-0.05, 0) is 36.2 Å². The molecule has 0 unspecified atom stereocenters. The predicted molar refractivity (Wildman–Crippen MR) is 125 cm³/mol. The number of nitrogens with one attached hydrogen (secondary N) is 1. The fraction of sp³-hybridized carbons (Fsp3) is 0.217. The van der Waals surface area contributed by atoms with Crippen LogP contribution < -0.4 is 10.1 Å². The second-order valence-electron chi connectivity index (χ2n) is 7.05. The number of nitrogens with zero attached hydrogens (tertiary/aromatic N) is 3. The van der Waals surface area contributed by atoms with E-state index >= 15 is 0 Å². The molecular formula is C23H22N4O3S2. The molecule has 0 aliphatic rings. The average molecular weight is 467 g/mol. The number of anilines is 1. The summed E-state index contributed by atoms with van der Waals surface area (Å²) in [4.78, 5) is 16.9. The number of aromatic nitrogens is 3. The van der Waals surface area contributed by atoms with Crippen LogP contribution in [0.15, 0.2) is 63.6 Å². The molecule has 2 aromatic carbocycles. The van der Waals surface area contributed by atoms with Crippen molar-refractivity contribution in [3.8, 4) is 5.75 Å².